The van der Waals surface area contributed by atoms with Crippen LogP contribution >= 0.6 is 23.4 Å². The number of imide groups is 1. The van der Waals surface area contributed by atoms with Crippen LogP contribution < -0.4 is 10.6 Å². The monoisotopic (exact) mass is 421 g/mol. The van der Waals surface area contributed by atoms with Crippen LogP contribution in [0.15, 0.2) is 29.4 Å². The van der Waals surface area contributed by atoms with E-state index in [1.54, 1.807) is 12.1 Å². The molecule has 1 saturated carbocycles. The first-order valence-electron chi connectivity index (χ1n) is 9.32. The number of carbonyl (C=O) groups is 2. The Bertz CT molecular complexity index is 839. The molecule has 2 aromatic rings. The minimum absolute atomic E-state index is 0.0836. The van der Waals surface area contributed by atoms with E-state index in [-0.39, 0.29) is 17.7 Å². The third kappa shape index (κ3) is 5.26. The normalized spacial score (nSPS) is 19.2. The van der Waals surface area contributed by atoms with Crippen LogP contribution in [0, 0.1) is 5.92 Å². The van der Waals surface area contributed by atoms with E-state index < -0.39 is 6.03 Å². The van der Waals surface area contributed by atoms with E-state index in [0.29, 0.717) is 21.9 Å². The molecular formula is C19H24ClN5O2S. The van der Waals surface area contributed by atoms with Crippen LogP contribution in [0.4, 0.5) is 4.79 Å². The van der Waals surface area contributed by atoms with Crippen molar-refractivity contribution in [2.75, 3.05) is 5.75 Å². The van der Waals surface area contributed by atoms with Gasteiger partial charge >= 0.3 is 6.03 Å². The van der Waals surface area contributed by atoms with E-state index >= 15 is 0 Å². The molecule has 0 spiro atoms. The van der Waals surface area contributed by atoms with Crippen molar-refractivity contribution in [3.05, 3.63) is 29.3 Å². The minimum atomic E-state index is -0.427. The van der Waals surface area contributed by atoms with Crippen molar-refractivity contribution in [3.8, 4) is 11.4 Å². The van der Waals surface area contributed by atoms with Gasteiger partial charge in [0.1, 0.15) is 0 Å². The molecule has 1 fully saturated rings. The number of nitrogens with one attached hydrogen (secondary N) is 2. The first kappa shape index (κ1) is 20.7. The Hall–Kier alpha value is -2.06. The zero-order valence-electron chi connectivity index (χ0n) is 15.9. The molecule has 0 aliphatic heterocycles. The lowest BCUT2D eigenvalue weighted by molar-refractivity contribution is -0.117. The van der Waals surface area contributed by atoms with Gasteiger partial charge in [0.2, 0.25) is 5.91 Å². The van der Waals surface area contributed by atoms with Crippen LogP contribution in [-0.2, 0) is 11.8 Å². The summed E-state index contributed by atoms with van der Waals surface area (Å²) in [5.74, 6) is 0.847. The third-order valence-electron chi connectivity index (χ3n) is 4.95. The van der Waals surface area contributed by atoms with Gasteiger partial charge in [-0.05, 0) is 43.0 Å². The molecule has 0 saturated heterocycles. The maximum absolute atomic E-state index is 12.1. The van der Waals surface area contributed by atoms with Crippen molar-refractivity contribution >= 4 is 35.3 Å². The van der Waals surface area contributed by atoms with Gasteiger partial charge in [0.25, 0.3) is 0 Å². The molecule has 1 aromatic heterocycles. The first-order chi connectivity index (χ1) is 13.4. The summed E-state index contributed by atoms with van der Waals surface area (Å²) in [6.07, 6.45) is 4.38. The first-order valence-corrected chi connectivity index (χ1v) is 10.7. The predicted octanol–water partition coefficient (Wildman–Crippen LogP) is 3.63. The summed E-state index contributed by atoms with van der Waals surface area (Å²) in [6.45, 7) is 2.13. The van der Waals surface area contributed by atoms with E-state index in [0.717, 1.165) is 24.8 Å². The zero-order valence-corrected chi connectivity index (χ0v) is 17.5. The molecule has 9 heteroatoms. The van der Waals surface area contributed by atoms with Crippen LogP contribution in [0.3, 0.4) is 0 Å². The maximum atomic E-state index is 12.1. The highest BCUT2D eigenvalue weighted by Crippen LogP contribution is 2.24. The molecule has 28 heavy (non-hydrogen) atoms. The summed E-state index contributed by atoms with van der Waals surface area (Å²) in [5, 5.41) is 14.9. The second-order valence-corrected chi connectivity index (χ2v) is 8.43. The van der Waals surface area contributed by atoms with Crippen LogP contribution in [-0.4, -0.2) is 38.5 Å². The minimum Gasteiger partial charge on any atom is -0.335 e. The number of hydrogen-bond donors (Lipinski definition) is 2. The summed E-state index contributed by atoms with van der Waals surface area (Å²) in [7, 11) is 1.83. The Balaban J connectivity index is 1.50. The van der Waals surface area contributed by atoms with Crippen molar-refractivity contribution in [2.24, 2.45) is 13.0 Å². The average molecular weight is 422 g/mol. The molecule has 0 radical (unpaired) electrons. The molecular weight excluding hydrogens is 398 g/mol. The maximum Gasteiger partial charge on any atom is 0.321 e. The molecule has 1 heterocycles. The van der Waals surface area contributed by atoms with Gasteiger partial charge in [0.15, 0.2) is 11.0 Å². The second-order valence-electron chi connectivity index (χ2n) is 7.05. The van der Waals surface area contributed by atoms with Crippen molar-refractivity contribution in [1.29, 1.82) is 0 Å². The predicted molar refractivity (Wildman–Crippen MR) is 110 cm³/mol. The molecule has 150 valence electrons. The molecule has 3 rings (SSSR count). The Morgan fingerprint density at radius 2 is 1.93 bits per heavy atom. The van der Waals surface area contributed by atoms with Crippen LogP contribution in [0.25, 0.3) is 11.4 Å². The number of rotatable bonds is 5. The lowest BCUT2D eigenvalue weighted by Gasteiger charge is -2.29. The molecule has 1 aromatic carbocycles. The average Bonchev–Trinajstić information content (AvgIpc) is 3.03. The summed E-state index contributed by atoms with van der Waals surface area (Å²) < 4.78 is 1.81. The fourth-order valence-electron chi connectivity index (χ4n) is 3.32. The number of carbonyl (C=O) groups excluding carboxylic acids is 2. The number of hydrogen-bond acceptors (Lipinski definition) is 5. The summed E-state index contributed by atoms with van der Waals surface area (Å²) in [4.78, 5) is 24.2. The van der Waals surface area contributed by atoms with Gasteiger partial charge in [-0.1, -0.05) is 43.1 Å². The van der Waals surface area contributed by atoms with Crippen molar-refractivity contribution in [2.45, 2.75) is 43.8 Å². The van der Waals surface area contributed by atoms with Gasteiger partial charge in [-0.3, -0.25) is 10.1 Å². The number of amides is 3. The standard InChI is InChI=1S/C19H24ClN5O2S/c1-12-5-3-4-6-15(12)21-18(27)22-16(26)11-28-19-24-23-17(25(19)2)13-7-9-14(20)10-8-13/h7-10,12,15H,3-6,11H2,1-2H3,(H2,21,22,26,27)/t12-,15-/m0/s1. The van der Waals surface area contributed by atoms with Gasteiger partial charge in [-0.15, -0.1) is 10.2 Å². The number of thioether (sulfide) groups is 1. The van der Waals surface area contributed by atoms with E-state index in [1.165, 1.54) is 18.2 Å². The molecule has 3 amide bonds. The number of aromatic nitrogens is 3. The Labute approximate surface area is 173 Å². The number of benzene rings is 1. The highest BCUT2D eigenvalue weighted by atomic mass is 35.5. The van der Waals surface area contributed by atoms with Gasteiger partial charge in [0.05, 0.1) is 5.75 Å². The Morgan fingerprint density at radius 3 is 2.64 bits per heavy atom. The molecule has 2 N–H and O–H groups in total. The largest absolute Gasteiger partial charge is 0.335 e. The van der Waals surface area contributed by atoms with Crippen LogP contribution in [0.2, 0.25) is 5.02 Å². The number of nitrogens with zero attached hydrogens (tertiary/aromatic N) is 3. The van der Waals surface area contributed by atoms with Crippen molar-refractivity contribution in [1.82, 2.24) is 25.4 Å². The molecule has 1 aliphatic rings. The van der Waals surface area contributed by atoms with Crippen molar-refractivity contribution < 1.29 is 9.59 Å². The lowest BCUT2D eigenvalue weighted by Crippen LogP contribution is -2.48. The highest BCUT2D eigenvalue weighted by Gasteiger charge is 2.23. The summed E-state index contributed by atoms with van der Waals surface area (Å²) in [5.41, 5.74) is 0.886. The van der Waals surface area contributed by atoms with Gasteiger partial charge in [-0.25, -0.2) is 4.79 Å². The molecule has 0 bridgehead atoms. The molecule has 0 unspecified atom stereocenters. The topological polar surface area (TPSA) is 88.9 Å². The quantitative estimate of drug-likeness (QED) is 0.719. The molecule has 1 aliphatic carbocycles. The number of halogens is 1. The SMILES string of the molecule is C[C@H]1CCCC[C@@H]1NC(=O)NC(=O)CSc1nnc(-c2ccc(Cl)cc2)n1C. The summed E-state index contributed by atoms with van der Waals surface area (Å²) >= 11 is 7.15. The molecule has 2 atom stereocenters. The van der Waals surface area contributed by atoms with E-state index in [2.05, 4.69) is 27.8 Å². The fraction of sp³-hybridized carbons (Fsp3) is 0.474. The van der Waals surface area contributed by atoms with Gasteiger partial charge in [0, 0.05) is 23.7 Å². The Kier molecular flexibility index (Phi) is 6.96. The molecule has 7 nitrogen and oxygen atoms in total. The van der Waals surface area contributed by atoms with E-state index in [1.807, 2.05) is 23.7 Å². The fourth-order valence-corrected chi connectivity index (χ4v) is 4.16. The van der Waals surface area contributed by atoms with Crippen LogP contribution in [0.5, 0.6) is 0 Å². The lowest BCUT2D eigenvalue weighted by atomic mass is 9.86. The highest BCUT2D eigenvalue weighted by molar-refractivity contribution is 7.99. The Morgan fingerprint density at radius 1 is 1.21 bits per heavy atom. The van der Waals surface area contributed by atoms with Gasteiger partial charge in [-0.2, -0.15) is 0 Å². The van der Waals surface area contributed by atoms with Gasteiger partial charge < -0.3 is 9.88 Å². The van der Waals surface area contributed by atoms with Crippen molar-refractivity contribution in [3.63, 3.8) is 0 Å². The van der Waals surface area contributed by atoms with E-state index in [9.17, 15) is 9.59 Å². The van der Waals surface area contributed by atoms with Crippen LogP contribution in [0.1, 0.15) is 32.6 Å². The zero-order chi connectivity index (χ0) is 20.1. The number of urea groups is 1. The van der Waals surface area contributed by atoms with E-state index in [4.69, 9.17) is 11.6 Å². The smallest absolute Gasteiger partial charge is 0.321 e. The summed E-state index contributed by atoms with van der Waals surface area (Å²) in [6, 6.07) is 7.02. The third-order valence-corrected chi connectivity index (χ3v) is 6.22. The second kappa shape index (κ2) is 9.43.